The maximum atomic E-state index is 4.52. The average Bonchev–Trinajstić information content (AvgIpc) is 2.93. The van der Waals surface area contributed by atoms with Gasteiger partial charge in [-0.3, -0.25) is 0 Å². The standard InChI is InChI=1S/C17H25N3/c1-2-11-18-17(14-8-4-3-5-9-14)15-13-19-20-12-7-6-10-16(15)20/h6-7,10,12-14,17-18H,2-5,8-9,11H2,1H3. The summed E-state index contributed by atoms with van der Waals surface area (Å²) in [6, 6.07) is 6.80. The molecule has 0 aromatic carbocycles. The molecule has 2 aromatic heterocycles. The lowest BCUT2D eigenvalue weighted by Gasteiger charge is -2.30. The van der Waals surface area contributed by atoms with E-state index in [-0.39, 0.29) is 0 Å². The molecule has 2 aromatic rings. The van der Waals surface area contributed by atoms with Gasteiger partial charge in [0.1, 0.15) is 0 Å². The summed E-state index contributed by atoms with van der Waals surface area (Å²) in [5.41, 5.74) is 2.64. The van der Waals surface area contributed by atoms with Crippen molar-refractivity contribution in [1.29, 1.82) is 0 Å². The number of pyridine rings is 1. The normalized spacial score (nSPS) is 18.4. The van der Waals surface area contributed by atoms with E-state index < -0.39 is 0 Å². The number of aromatic nitrogens is 2. The van der Waals surface area contributed by atoms with Gasteiger partial charge in [-0.15, -0.1) is 0 Å². The smallest absolute Gasteiger partial charge is 0.0709 e. The Morgan fingerprint density at radius 1 is 1.30 bits per heavy atom. The van der Waals surface area contributed by atoms with Crippen molar-refractivity contribution in [1.82, 2.24) is 14.9 Å². The molecule has 1 unspecified atom stereocenters. The van der Waals surface area contributed by atoms with Crippen molar-refractivity contribution in [3.05, 3.63) is 36.2 Å². The topological polar surface area (TPSA) is 29.3 Å². The van der Waals surface area contributed by atoms with Crippen LogP contribution in [0.5, 0.6) is 0 Å². The molecule has 3 rings (SSSR count). The molecule has 1 aliphatic rings. The molecule has 1 aliphatic carbocycles. The van der Waals surface area contributed by atoms with Crippen LogP contribution < -0.4 is 5.32 Å². The Morgan fingerprint density at radius 2 is 2.15 bits per heavy atom. The van der Waals surface area contributed by atoms with Gasteiger partial charge >= 0.3 is 0 Å². The third-order valence-electron chi connectivity index (χ3n) is 4.53. The SMILES string of the molecule is CCCNC(c1cnn2ccccc12)C1CCCCC1. The van der Waals surface area contributed by atoms with Gasteiger partial charge in [0.2, 0.25) is 0 Å². The maximum Gasteiger partial charge on any atom is 0.0709 e. The van der Waals surface area contributed by atoms with Crippen molar-refractivity contribution < 1.29 is 0 Å². The zero-order valence-corrected chi connectivity index (χ0v) is 12.4. The second-order valence-electron chi connectivity index (χ2n) is 5.96. The molecule has 0 saturated heterocycles. The summed E-state index contributed by atoms with van der Waals surface area (Å²) < 4.78 is 2.00. The van der Waals surface area contributed by atoms with Gasteiger partial charge in [0.15, 0.2) is 0 Å². The fraction of sp³-hybridized carbons (Fsp3) is 0.588. The Kier molecular flexibility index (Phi) is 4.36. The van der Waals surface area contributed by atoms with Crippen LogP contribution in [0.15, 0.2) is 30.6 Å². The summed E-state index contributed by atoms with van der Waals surface area (Å²) in [5.74, 6) is 0.767. The van der Waals surface area contributed by atoms with Crippen LogP contribution in [0, 0.1) is 5.92 Å². The lowest BCUT2D eigenvalue weighted by Crippen LogP contribution is -2.30. The molecule has 0 spiro atoms. The number of hydrogen-bond donors (Lipinski definition) is 1. The van der Waals surface area contributed by atoms with Gasteiger partial charge in [0, 0.05) is 17.8 Å². The van der Waals surface area contributed by atoms with Crippen LogP contribution in [0.3, 0.4) is 0 Å². The fourth-order valence-corrected chi connectivity index (χ4v) is 3.49. The minimum Gasteiger partial charge on any atom is -0.310 e. The van der Waals surface area contributed by atoms with Gasteiger partial charge in [-0.05, 0) is 43.9 Å². The molecule has 0 bridgehead atoms. The van der Waals surface area contributed by atoms with Crippen molar-refractivity contribution in [2.45, 2.75) is 51.5 Å². The van der Waals surface area contributed by atoms with Crippen LogP contribution in [0.1, 0.15) is 57.1 Å². The summed E-state index contributed by atoms with van der Waals surface area (Å²) in [6.45, 7) is 3.33. The summed E-state index contributed by atoms with van der Waals surface area (Å²) in [7, 11) is 0. The number of hydrogen-bond acceptors (Lipinski definition) is 2. The molecular weight excluding hydrogens is 246 g/mol. The zero-order valence-electron chi connectivity index (χ0n) is 12.4. The van der Waals surface area contributed by atoms with Gasteiger partial charge in [-0.25, -0.2) is 4.52 Å². The minimum absolute atomic E-state index is 0.468. The molecule has 1 atom stereocenters. The molecule has 1 N–H and O–H groups in total. The van der Waals surface area contributed by atoms with Gasteiger partial charge in [-0.2, -0.15) is 5.10 Å². The molecule has 1 fully saturated rings. The van der Waals surface area contributed by atoms with Crippen molar-refractivity contribution in [3.8, 4) is 0 Å². The maximum absolute atomic E-state index is 4.52. The van der Waals surface area contributed by atoms with E-state index in [9.17, 15) is 0 Å². The van der Waals surface area contributed by atoms with Gasteiger partial charge < -0.3 is 5.32 Å². The Labute approximate surface area is 121 Å². The molecule has 3 heteroatoms. The van der Waals surface area contributed by atoms with Gasteiger partial charge in [0.25, 0.3) is 0 Å². The molecule has 0 amide bonds. The highest BCUT2D eigenvalue weighted by atomic mass is 15.2. The third kappa shape index (κ3) is 2.73. The Hall–Kier alpha value is -1.35. The average molecular weight is 271 g/mol. The van der Waals surface area contributed by atoms with Crippen LogP contribution in [0.2, 0.25) is 0 Å². The van der Waals surface area contributed by atoms with E-state index in [0.717, 1.165) is 12.5 Å². The largest absolute Gasteiger partial charge is 0.310 e. The number of nitrogens with one attached hydrogen (secondary N) is 1. The summed E-state index contributed by atoms with van der Waals surface area (Å²) >= 11 is 0. The molecule has 108 valence electrons. The Morgan fingerprint density at radius 3 is 2.95 bits per heavy atom. The van der Waals surface area contributed by atoms with Crippen molar-refractivity contribution in [2.24, 2.45) is 5.92 Å². The Bertz CT molecular complexity index is 540. The Balaban J connectivity index is 1.90. The first-order chi connectivity index (χ1) is 9.90. The molecule has 20 heavy (non-hydrogen) atoms. The van der Waals surface area contributed by atoms with Crippen LogP contribution in [-0.2, 0) is 0 Å². The summed E-state index contributed by atoms with van der Waals surface area (Å²) in [5, 5.41) is 8.30. The zero-order chi connectivity index (χ0) is 13.8. The van der Waals surface area contributed by atoms with Crippen LogP contribution >= 0.6 is 0 Å². The van der Waals surface area contributed by atoms with E-state index in [0.29, 0.717) is 6.04 Å². The minimum atomic E-state index is 0.468. The highest BCUT2D eigenvalue weighted by Gasteiger charge is 2.26. The van der Waals surface area contributed by atoms with Gasteiger partial charge in [-0.1, -0.05) is 32.3 Å². The van der Waals surface area contributed by atoms with E-state index in [1.54, 1.807) is 0 Å². The van der Waals surface area contributed by atoms with E-state index in [4.69, 9.17) is 0 Å². The molecule has 2 heterocycles. The predicted octanol–water partition coefficient (Wildman–Crippen LogP) is 3.96. The second kappa shape index (κ2) is 6.40. The number of rotatable bonds is 5. The van der Waals surface area contributed by atoms with Crippen LogP contribution in [-0.4, -0.2) is 16.2 Å². The van der Waals surface area contributed by atoms with Crippen molar-refractivity contribution in [2.75, 3.05) is 6.54 Å². The van der Waals surface area contributed by atoms with Crippen LogP contribution in [0.4, 0.5) is 0 Å². The predicted molar refractivity (Wildman–Crippen MR) is 82.8 cm³/mol. The number of fused-ring (bicyclic) bond motifs is 1. The van der Waals surface area contributed by atoms with E-state index >= 15 is 0 Å². The van der Waals surface area contributed by atoms with Crippen molar-refractivity contribution >= 4 is 5.52 Å². The first-order valence-corrected chi connectivity index (χ1v) is 8.06. The monoisotopic (exact) mass is 271 g/mol. The summed E-state index contributed by atoms with van der Waals surface area (Å²) in [6.07, 6.45) is 12.2. The van der Waals surface area contributed by atoms with E-state index in [1.807, 2.05) is 16.8 Å². The van der Waals surface area contributed by atoms with E-state index in [2.05, 4.69) is 35.7 Å². The van der Waals surface area contributed by atoms with Crippen molar-refractivity contribution in [3.63, 3.8) is 0 Å². The lowest BCUT2D eigenvalue weighted by molar-refractivity contribution is 0.273. The quantitative estimate of drug-likeness (QED) is 0.892. The fourth-order valence-electron chi connectivity index (χ4n) is 3.49. The number of nitrogens with zero attached hydrogens (tertiary/aromatic N) is 2. The first-order valence-electron chi connectivity index (χ1n) is 8.06. The van der Waals surface area contributed by atoms with Gasteiger partial charge in [0.05, 0.1) is 11.7 Å². The third-order valence-corrected chi connectivity index (χ3v) is 4.53. The van der Waals surface area contributed by atoms with Crippen LogP contribution in [0.25, 0.3) is 5.52 Å². The molecule has 0 aliphatic heterocycles. The highest BCUT2D eigenvalue weighted by Crippen LogP contribution is 2.35. The van der Waals surface area contributed by atoms with E-state index in [1.165, 1.54) is 49.6 Å². The molecule has 0 radical (unpaired) electrons. The summed E-state index contributed by atoms with van der Waals surface area (Å²) in [4.78, 5) is 0. The second-order valence-corrected chi connectivity index (χ2v) is 5.96. The lowest BCUT2D eigenvalue weighted by atomic mass is 9.81. The molecule has 3 nitrogen and oxygen atoms in total. The highest BCUT2D eigenvalue weighted by molar-refractivity contribution is 5.55. The molecular formula is C17H25N3. The first kappa shape index (κ1) is 13.6. The molecule has 1 saturated carbocycles.